The maximum absolute atomic E-state index is 11.7. The Kier molecular flexibility index (Phi) is 5.22. The maximum atomic E-state index is 11.7. The summed E-state index contributed by atoms with van der Waals surface area (Å²) in [6.07, 6.45) is 1.40. The number of benzene rings is 1. The van der Waals surface area contributed by atoms with Crippen LogP contribution in [0.25, 0.3) is 0 Å². The molecule has 0 saturated carbocycles. The molecule has 0 radical (unpaired) electrons. The van der Waals surface area contributed by atoms with Gasteiger partial charge >= 0.3 is 0 Å². The van der Waals surface area contributed by atoms with Gasteiger partial charge in [-0.25, -0.2) is 0 Å². The Morgan fingerprint density at radius 2 is 2.09 bits per heavy atom. The summed E-state index contributed by atoms with van der Waals surface area (Å²) in [5.41, 5.74) is 1.17. The van der Waals surface area contributed by atoms with Crippen LogP contribution in [-0.2, 0) is 11.3 Å². The van der Waals surface area contributed by atoms with Crippen molar-refractivity contribution in [2.45, 2.75) is 10.9 Å². The van der Waals surface area contributed by atoms with Gasteiger partial charge < -0.3 is 15.2 Å². The van der Waals surface area contributed by atoms with Crippen LogP contribution >= 0.6 is 23.1 Å². The summed E-state index contributed by atoms with van der Waals surface area (Å²) in [4.78, 5) is 11.7. The lowest BCUT2D eigenvalue weighted by molar-refractivity contribution is -0.113. The van der Waals surface area contributed by atoms with Gasteiger partial charge in [-0.15, -0.1) is 10.2 Å². The second-order valence-corrected chi connectivity index (χ2v) is 6.63. The van der Waals surface area contributed by atoms with Crippen molar-refractivity contribution in [2.75, 3.05) is 16.4 Å². The van der Waals surface area contributed by atoms with Gasteiger partial charge in [0.1, 0.15) is 6.26 Å². The zero-order valence-corrected chi connectivity index (χ0v) is 13.6. The zero-order chi connectivity index (χ0) is 15.9. The highest BCUT2D eigenvalue weighted by Gasteiger charge is 2.09. The second kappa shape index (κ2) is 7.75. The predicted molar refractivity (Wildman–Crippen MR) is 89.5 cm³/mol. The summed E-state index contributed by atoms with van der Waals surface area (Å²) < 4.78 is 5.38. The Morgan fingerprint density at radius 1 is 1.22 bits per heavy atom. The van der Waals surface area contributed by atoms with Crippen LogP contribution in [-0.4, -0.2) is 27.0 Å². The smallest absolute Gasteiger partial charge is 0.236 e. The van der Waals surface area contributed by atoms with Crippen molar-refractivity contribution >= 4 is 40.0 Å². The van der Waals surface area contributed by atoms with E-state index in [4.69, 9.17) is 0 Å². The van der Waals surface area contributed by atoms with E-state index in [0.29, 0.717) is 12.4 Å². The summed E-state index contributed by atoms with van der Waals surface area (Å²) >= 11 is 2.74. The Balaban J connectivity index is 1.44. The van der Waals surface area contributed by atoms with E-state index in [1.54, 1.807) is 6.07 Å². The molecule has 0 aliphatic rings. The van der Waals surface area contributed by atoms with Crippen LogP contribution in [0.4, 0.5) is 10.9 Å². The number of hydrogen-bond donors (Lipinski definition) is 2. The molecule has 0 fully saturated rings. The first-order chi connectivity index (χ1) is 11.3. The topological polar surface area (TPSA) is 92.9 Å². The molecule has 0 spiro atoms. The molecule has 2 aromatic heterocycles. The highest BCUT2D eigenvalue weighted by Crippen LogP contribution is 2.25. The molecule has 1 amide bonds. The van der Waals surface area contributed by atoms with Crippen molar-refractivity contribution in [1.29, 1.82) is 0 Å². The number of thioether (sulfide) groups is 1. The summed E-state index contributed by atoms with van der Waals surface area (Å²) in [6.45, 7) is 0.687. The fourth-order valence-corrected chi connectivity index (χ4v) is 3.24. The first kappa shape index (κ1) is 15.5. The molecular weight excluding hydrogens is 334 g/mol. The van der Waals surface area contributed by atoms with E-state index in [0.717, 1.165) is 9.47 Å². The van der Waals surface area contributed by atoms with Gasteiger partial charge in [0.2, 0.25) is 11.0 Å². The van der Waals surface area contributed by atoms with Crippen molar-refractivity contribution in [1.82, 2.24) is 15.4 Å². The van der Waals surface area contributed by atoms with E-state index in [1.807, 2.05) is 30.3 Å². The average Bonchev–Trinajstić information content (AvgIpc) is 3.24. The lowest BCUT2D eigenvalue weighted by Gasteiger charge is -2.01. The second-order valence-electron chi connectivity index (χ2n) is 4.43. The van der Waals surface area contributed by atoms with Gasteiger partial charge in [-0.1, -0.05) is 58.6 Å². The number of carbonyl (C=O) groups is 1. The molecule has 7 nitrogen and oxygen atoms in total. The van der Waals surface area contributed by atoms with Crippen LogP contribution in [0.2, 0.25) is 0 Å². The average molecular weight is 347 g/mol. The lowest BCUT2D eigenvalue weighted by atomic mass is 10.2. The zero-order valence-electron chi connectivity index (χ0n) is 11.9. The summed E-state index contributed by atoms with van der Waals surface area (Å²) in [7, 11) is 0. The van der Waals surface area contributed by atoms with Gasteiger partial charge in [-0.3, -0.25) is 4.79 Å². The minimum atomic E-state index is -0.169. The van der Waals surface area contributed by atoms with Crippen LogP contribution in [0.5, 0.6) is 0 Å². The SMILES string of the molecule is O=C(CSc1nnc(NCc2ccccc2)s1)Nc1ccon1. The number of nitrogens with one attached hydrogen (secondary N) is 2. The van der Waals surface area contributed by atoms with Crippen molar-refractivity contribution in [3.63, 3.8) is 0 Å². The number of amides is 1. The van der Waals surface area contributed by atoms with E-state index in [-0.39, 0.29) is 11.7 Å². The standard InChI is InChI=1S/C14H13N5O2S2/c20-12(16-11-6-7-21-19-11)9-22-14-18-17-13(23-14)15-8-10-4-2-1-3-5-10/h1-7H,8-9H2,(H,15,17)(H,16,19,20). The largest absolute Gasteiger partial charge is 0.363 e. The molecule has 118 valence electrons. The number of nitrogens with zero attached hydrogens (tertiary/aromatic N) is 3. The van der Waals surface area contributed by atoms with E-state index in [1.165, 1.54) is 34.9 Å². The van der Waals surface area contributed by atoms with Gasteiger partial charge in [-0.05, 0) is 5.56 Å². The molecule has 2 N–H and O–H groups in total. The first-order valence-corrected chi connectivity index (χ1v) is 8.54. The molecule has 3 rings (SSSR count). The van der Waals surface area contributed by atoms with Gasteiger partial charge in [0.15, 0.2) is 10.2 Å². The first-order valence-electron chi connectivity index (χ1n) is 6.74. The van der Waals surface area contributed by atoms with Crippen molar-refractivity contribution in [2.24, 2.45) is 0 Å². The van der Waals surface area contributed by atoms with E-state index in [9.17, 15) is 4.79 Å². The minimum Gasteiger partial charge on any atom is -0.363 e. The summed E-state index contributed by atoms with van der Waals surface area (Å²) in [6, 6.07) is 11.6. The molecule has 9 heteroatoms. The van der Waals surface area contributed by atoms with E-state index in [2.05, 4.69) is 30.5 Å². The number of carbonyl (C=O) groups excluding carboxylic acids is 1. The third-order valence-electron chi connectivity index (χ3n) is 2.73. The van der Waals surface area contributed by atoms with Crippen LogP contribution in [0.15, 0.2) is 51.5 Å². The maximum Gasteiger partial charge on any atom is 0.236 e. The summed E-state index contributed by atoms with van der Waals surface area (Å²) in [5, 5.41) is 18.3. The molecule has 1 aromatic carbocycles. The molecule has 0 bridgehead atoms. The van der Waals surface area contributed by atoms with Crippen molar-refractivity contribution < 1.29 is 9.32 Å². The van der Waals surface area contributed by atoms with Gasteiger partial charge in [-0.2, -0.15) is 0 Å². The molecule has 0 aliphatic heterocycles. The van der Waals surface area contributed by atoms with Crippen molar-refractivity contribution in [3.8, 4) is 0 Å². The molecule has 2 heterocycles. The molecule has 0 atom stereocenters. The fourth-order valence-electron chi connectivity index (χ4n) is 1.70. The Morgan fingerprint density at radius 3 is 2.87 bits per heavy atom. The van der Waals surface area contributed by atoms with Crippen LogP contribution in [0, 0.1) is 0 Å². The van der Waals surface area contributed by atoms with Gasteiger partial charge in [0, 0.05) is 12.6 Å². The number of anilines is 2. The third-order valence-corrected chi connectivity index (χ3v) is 4.74. The molecular formula is C14H13N5O2S2. The normalized spacial score (nSPS) is 10.4. The number of rotatable bonds is 7. The predicted octanol–water partition coefficient (Wildman–Crippen LogP) is 2.87. The molecule has 0 aliphatic carbocycles. The number of hydrogen-bond acceptors (Lipinski definition) is 8. The number of aromatic nitrogens is 3. The van der Waals surface area contributed by atoms with E-state index >= 15 is 0 Å². The monoisotopic (exact) mass is 347 g/mol. The van der Waals surface area contributed by atoms with E-state index < -0.39 is 0 Å². The Hall–Kier alpha value is -2.39. The summed E-state index contributed by atoms with van der Waals surface area (Å²) in [5.74, 6) is 0.469. The van der Waals surface area contributed by atoms with Gasteiger partial charge in [0.05, 0.1) is 5.75 Å². The molecule has 3 aromatic rings. The molecule has 0 unspecified atom stereocenters. The minimum absolute atomic E-state index is 0.169. The van der Waals surface area contributed by atoms with Crippen molar-refractivity contribution in [3.05, 3.63) is 48.2 Å². The fraction of sp³-hybridized carbons (Fsp3) is 0.143. The van der Waals surface area contributed by atoms with Gasteiger partial charge in [0.25, 0.3) is 0 Å². The third kappa shape index (κ3) is 4.80. The van der Waals surface area contributed by atoms with Crippen LogP contribution < -0.4 is 10.6 Å². The van der Waals surface area contributed by atoms with Crippen LogP contribution in [0.1, 0.15) is 5.56 Å². The quantitative estimate of drug-likeness (QED) is 0.635. The van der Waals surface area contributed by atoms with Crippen LogP contribution in [0.3, 0.4) is 0 Å². The molecule has 23 heavy (non-hydrogen) atoms. The molecule has 0 saturated heterocycles. The Bertz CT molecular complexity index is 746. The Labute approximate surface area is 140 Å². The lowest BCUT2D eigenvalue weighted by Crippen LogP contribution is -2.14. The highest BCUT2D eigenvalue weighted by atomic mass is 32.2. The highest BCUT2D eigenvalue weighted by molar-refractivity contribution is 8.01.